The summed E-state index contributed by atoms with van der Waals surface area (Å²) in [6.07, 6.45) is 5.17. The first kappa shape index (κ1) is 13.7. The number of hydrogen-bond acceptors (Lipinski definition) is 4. The largest absolute Gasteiger partial charge is 0.504 e. The van der Waals surface area contributed by atoms with Crippen molar-refractivity contribution in [2.24, 2.45) is 0 Å². The Morgan fingerprint density at radius 2 is 1.96 bits per heavy atom. The molecule has 5 nitrogen and oxygen atoms in total. The van der Waals surface area contributed by atoms with Crippen molar-refractivity contribution in [3.8, 4) is 23.0 Å². The molecule has 0 saturated heterocycles. The van der Waals surface area contributed by atoms with Crippen molar-refractivity contribution in [3.05, 3.63) is 47.2 Å². The quantitative estimate of drug-likeness (QED) is 0.817. The van der Waals surface area contributed by atoms with Crippen molar-refractivity contribution in [2.45, 2.75) is 12.5 Å². The molecule has 5 rings (SSSR count). The number of ether oxygens (including phenoxy) is 3. The van der Waals surface area contributed by atoms with E-state index < -0.39 is 0 Å². The van der Waals surface area contributed by atoms with E-state index >= 15 is 0 Å². The van der Waals surface area contributed by atoms with Crippen molar-refractivity contribution < 1.29 is 19.3 Å². The molecule has 24 heavy (non-hydrogen) atoms. The zero-order valence-electron chi connectivity index (χ0n) is 13.6. The molecule has 5 heteroatoms. The summed E-state index contributed by atoms with van der Waals surface area (Å²) in [6, 6.07) is 8.19. The van der Waals surface area contributed by atoms with E-state index in [-0.39, 0.29) is 11.8 Å². The highest BCUT2D eigenvalue weighted by Gasteiger charge is 2.47. The van der Waals surface area contributed by atoms with Crippen LogP contribution in [0, 0.1) is 0 Å². The van der Waals surface area contributed by atoms with Crippen molar-refractivity contribution in [3.63, 3.8) is 0 Å². The number of benzene rings is 2. The lowest BCUT2D eigenvalue weighted by Gasteiger charge is -2.36. The van der Waals surface area contributed by atoms with Crippen LogP contribution in [0.25, 0.3) is 6.08 Å². The van der Waals surface area contributed by atoms with Gasteiger partial charge >= 0.3 is 0 Å². The molecule has 3 aliphatic rings. The number of fused-ring (bicyclic) bond motifs is 6. The van der Waals surface area contributed by atoms with Gasteiger partial charge in [0.05, 0.1) is 14.2 Å². The summed E-state index contributed by atoms with van der Waals surface area (Å²) >= 11 is 0. The Morgan fingerprint density at radius 3 is 2.75 bits per heavy atom. The zero-order chi connectivity index (χ0) is 16.5. The SMILES string of the molecule is COc1cc2c(cc1O)C=C[N+]1(C)c3cc4c(cc3CC21)OCO4. The maximum atomic E-state index is 10.1. The van der Waals surface area contributed by atoms with Crippen molar-refractivity contribution in [1.82, 2.24) is 4.48 Å². The molecule has 0 fully saturated rings. The van der Waals surface area contributed by atoms with Crippen LogP contribution in [-0.2, 0) is 6.42 Å². The Balaban J connectivity index is 1.69. The van der Waals surface area contributed by atoms with E-state index in [1.165, 1.54) is 16.8 Å². The van der Waals surface area contributed by atoms with E-state index in [0.29, 0.717) is 17.0 Å². The molecule has 2 aromatic carbocycles. The van der Waals surface area contributed by atoms with E-state index in [1.54, 1.807) is 13.2 Å². The molecular formula is C19H18NO4+. The summed E-state index contributed by atoms with van der Waals surface area (Å²) in [5.41, 5.74) is 4.74. The van der Waals surface area contributed by atoms with E-state index in [2.05, 4.69) is 31.5 Å². The Labute approximate surface area is 139 Å². The molecule has 0 aromatic heterocycles. The predicted molar refractivity (Wildman–Crippen MR) is 90.4 cm³/mol. The number of quaternary nitrogens is 1. The number of hydrogen-bond donors (Lipinski definition) is 1. The summed E-state index contributed by atoms with van der Waals surface area (Å²) in [6.45, 7) is 0.292. The minimum atomic E-state index is 0.174. The number of phenolic OH excluding ortho intramolecular Hbond substituents is 1. The first-order chi connectivity index (χ1) is 11.6. The highest BCUT2D eigenvalue weighted by molar-refractivity contribution is 5.72. The molecule has 3 aliphatic heterocycles. The molecule has 0 saturated carbocycles. The Morgan fingerprint density at radius 1 is 1.17 bits per heavy atom. The predicted octanol–water partition coefficient (Wildman–Crippen LogP) is 3.35. The number of phenols is 1. The third kappa shape index (κ3) is 1.62. The van der Waals surface area contributed by atoms with Crippen LogP contribution in [0.4, 0.5) is 5.69 Å². The van der Waals surface area contributed by atoms with Gasteiger partial charge in [-0.2, -0.15) is 0 Å². The topological polar surface area (TPSA) is 47.9 Å². The molecule has 1 N–H and O–H groups in total. The molecule has 2 aromatic rings. The third-order valence-electron chi connectivity index (χ3n) is 5.46. The molecule has 2 unspecified atom stereocenters. The maximum absolute atomic E-state index is 10.1. The van der Waals surface area contributed by atoms with Crippen LogP contribution >= 0.6 is 0 Å². The average Bonchev–Trinajstić information content (AvgIpc) is 3.14. The molecule has 2 atom stereocenters. The number of rotatable bonds is 1. The Hall–Kier alpha value is -2.66. The Bertz CT molecular complexity index is 905. The van der Waals surface area contributed by atoms with Gasteiger partial charge in [0.2, 0.25) is 6.79 Å². The van der Waals surface area contributed by atoms with Gasteiger partial charge in [0.25, 0.3) is 0 Å². The number of likely N-dealkylation sites (N-methyl/N-ethyl adjacent to an activating group) is 1. The lowest BCUT2D eigenvalue weighted by atomic mass is 9.93. The number of methoxy groups -OCH3 is 1. The van der Waals surface area contributed by atoms with Crippen LogP contribution in [0.5, 0.6) is 23.0 Å². The Kier molecular flexibility index (Phi) is 2.55. The maximum Gasteiger partial charge on any atom is 0.231 e. The molecule has 0 bridgehead atoms. The van der Waals surface area contributed by atoms with Crippen LogP contribution in [0.2, 0.25) is 0 Å². The van der Waals surface area contributed by atoms with Crippen molar-refractivity contribution in [2.75, 3.05) is 21.0 Å². The minimum absolute atomic E-state index is 0.174. The smallest absolute Gasteiger partial charge is 0.231 e. The van der Waals surface area contributed by atoms with Crippen LogP contribution in [0.3, 0.4) is 0 Å². The normalized spacial score (nSPS) is 25.2. The molecule has 3 heterocycles. The monoisotopic (exact) mass is 324 g/mol. The summed E-state index contributed by atoms with van der Waals surface area (Å²) in [7, 11) is 3.79. The van der Waals surface area contributed by atoms with Gasteiger partial charge in [-0.15, -0.1) is 0 Å². The van der Waals surface area contributed by atoms with E-state index in [4.69, 9.17) is 14.2 Å². The first-order valence-electron chi connectivity index (χ1n) is 7.99. The standard InChI is InChI=1S/C19H17NO4/c1-20-4-3-11-6-16(21)17(22-2)8-13(11)15(20)5-12-7-18-19(9-14(12)20)24-10-23-18/h3-4,6-9,15H,5,10H2,1-2H3/p+1. The van der Waals surface area contributed by atoms with Gasteiger partial charge in [-0.25, -0.2) is 0 Å². The molecule has 0 amide bonds. The summed E-state index contributed by atoms with van der Waals surface area (Å²) < 4.78 is 17.1. The number of nitrogens with zero attached hydrogens (tertiary/aromatic N) is 1. The van der Waals surface area contributed by atoms with Crippen LogP contribution in [0.1, 0.15) is 22.7 Å². The van der Waals surface area contributed by atoms with Gasteiger partial charge in [0.1, 0.15) is 17.9 Å². The lowest BCUT2D eigenvalue weighted by molar-refractivity contribution is 0.173. The van der Waals surface area contributed by atoms with Gasteiger partial charge in [-0.05, 0) is 29.8 Å². The fourth-order valence-electron chi connectivity index (χ4n) is 4.17. The van der Waals surface area contributed by atoms with Gasteiger partial charge in [-0.1, -0.05) is 0 Å². The van der Waals surface area contributed by atoms with Gasteiger partial charge < -0.3 is 19.3 Å². The fraction of sp³-hybridized carbons (Fsp3) is 0.263. The molecular weight excluding hydrogens is 306 g/mol. The summed E-state index contributed by atoms with van der Waals surface area (Å²) in [5, 5.41) is 10.1. The van der Waals surface area contributed by atoms with Gasteiger partial charge in [-0.3, -0.25) is 4.48 Å². The van der Waals surface area contributed by atoms with Gasteiger partial charge in [0.15, 0.2) is 23.0 Å². The van der Waals surface area contributed by atoms with Crippen LogP contribution in [-0.4, -0.2) is 26.1 Å². The average molecular weight is 324 g/mol. The summed E-state index contributed by atoms with van der Waals surface area (Å²) in [4.78, 5) is 0. The lowest BCUT2D eigenvalue weighted by Crippen LogP contribution is -2.41. The number of aromatic hydroxyl groups is 1. The molecule has 0 spiro atoms. The van der Waals surface area contributed by atoms with E-state index in [0.717, 1.165) is 23.5 Å². The second-order valence-electron chi connectivity index (χ2n) is 6.67. The highest BCUT2D eigenvalue weighted by Crippen LogP contribution is 2.53. The second kappa shape index (κ2) is 4.45. The molecule has 0 radical (unpaired) electrons. The highest BCUT2D eigenvalue weighted by atomic mass is 16.7. The third-order valence-corrected chi connectivity index (χ3v) is 5.46. The molecule has 0 aliphatic carbocycles. The zero-order valence-corrected chi connectivity index (χ0v) is 13.6. The first-order valence-corrected chi connectivity index (χ1v) is 7.99. The van der Waals surface area contributed by atoms with E-state index in [1.807, 2.05) is 6.07 Å². The van der Waals surface area contributed by atoms with E-state index in [9.17, 15) is 5.11 Å². The van der Waals surface area contributed by atoms with Crippen molar-refractivity contribution >= 4 is 11.8 Å². The second-order valence-corrected chi connectivity index (χ2v) is 6.67. The van der Waals surface area contributed by atoms with Crippen LogP contribution < -0.4 is 18.7 Å². The van der Waals surface area contributed by atoms with Crippen molar-refractivity contribution in [1.29, 1.82) is 0 Å². The fourth-order valence-corrected chi connectivity index (χ4v) is 4.17. The minimum Gasteiger partial charge on any atom is -0.504 e. The van der Waals surface area contributed by atoms with Gasteiger partial charge in [0, 0.05) is 23.6 Å². The van der Waals surface area contributed by atoms with Crippen LogP contribution in [0.15, 0.2) is 30.5 Å². The summed E-state index contributed by atoms with van der Waals surface area (Å²) in [5.74, 6) is 2.33. The molecule has 122 valence electrons.